The number of nitrogens with zero attached hydrogens (tertiary/aromatic N) is 1. The molecular formula is C15H14N2OS. The van der Waals surface area contributed by atoms with Crippen LogP contribution in [0, 0.1) is 0 Å². The third-order valence-corrected chi connectivity index (χ3v) is 4.43. The zero-order valence-corrected chi connectivity index (χ0v) is 11.2. The van der Waals surface area contributed by atoms with Gasteiger partial charge in [0.2, 0.25) is 5.91 Å². The van der Waals surface area contributed by atoms with Crippen molar-refractivity contribution in [2.75, 3.05) is 0 Å². The lowest BCUT2D eigenvalue weighted by atomic mass is 10.1. The second-order valence-corrected chi connectivity index (χ2v) is 5.70. The van der Waals surface area contributed by atoms with Crippen LogP contribution in [0.2, 0.25) is 0 Å². The lowest BCUT2D eigenvalue weighted by Crippen LogP contribution is -2.32. The number of hydrogen-bond donors (Lipinski definition) is 1. The molecule has 0 spiro atoms. The molecule has 19 heavy (non-hydrogen) atoms. The number of fused-ring (bicyclic) bond motifs is 1. The zero-order chi connectivity index (χ0) is 13.1. The molecule has 1 aliphatic heterocycles. The molecule has 0 radical (unpaired) electrons. The first-order valence-electron chi connectivity index (χ1n) is 6.25. The monoisotopic (exact) mass is 270 g/mol. The Kier molecular flexibility index (Phi) is 3.51. The minimum Gasteiger partial charge on any atom is -0.349 e. The standard InChI is InChI=1S/C15H14N2OS/c18-15(17-10-12-6-3-4-8-16-12)14-9-11-5-1-2-7-13(11)19-14/h1-8,14H,9-10H2,(H,17,18)/t14-/m1/s1. The van der Waals surface area contributed by atoms with E-state index >= 15 is 0 Å². The van der Waals surface area contributed by atoms with Crippen molar-refractivity contribution >= 4 is 17.7 Å². The molecule has 1 atom stereocenters. The predicted molar refractivity (Wildman–Crippen MR) is 75.9 cm³/mol. The molecule has 0 bridgehead atoms. The van der Waals surface area contributed by atoms with E-state index in [2.05, 4.69) is 22.4 Å². The Morgan fingerprint density at radius 3 is 2.89 bits per heavy atom. The fraction of sp³-hybridized carbons (Fsp3) is 0.200. The average Bonchev–Trinajstić information content (AvgIpc) is 2.90. The summed E-state index contributed by atoms with van der Waals surface area (Å²) in [6.07, 6.45) is 2.55. The van der Waals surface area contributed by atoms with Crippen molar-refractivity contribution in [2.24, 2.45) is 0 Å². The molecule has 3 nitrogen and oxygen atoms in total. The highest BCUT2D eigenvalue weighted by Crippen LogP contribution is 2.36. The van der Waals surface area contributed by atoms with Crippen molar-refractivity contribution < 1.29 is 4.79 Å². The smallest absolute Gasteiger partial charge is 0.234 e. The fourth-order valence-corrected chi connectivity index (χ4v) is 3.34. The summed E-state index contributed by atoms with van der Waals surface area (Å²) in [5.41, 5.74) is 2.15. The fourth-order valence-electron chi connectivity index (χ4n) is 2.12. The molecule has 0 saturated heterocycles. The van der Waals surface area contributed by atoms with Gasteiger partial charge in [0.25, 0.3) is 0 Å². The van der Waals surface area contributed by atoms with E-state index in [9.17, 15) is 4.79 Å². The minimum absolute atomic E-state index is 0.0129. The van der Waals surface area contributed by atoms with Crippen molar-refractivity contribution in [3.63, 3.8) is 0 Å². The van der Waals surface area contributed by atoms with Gasteiger partial charge in [-0.2, -0.15) is 0 Å². The number of thioether (sulfide) groups is 1. The number of rotatable bonds is 3. The molecule has 0 fully saturated rings. The summed E-state index contributed by atoms with van der Waals surface area (Å²) in [7, 11) is 0. The Morgan fingerprint density at radius 2 is 2.11 bits per heavy atom. The van der Waals surface area contributed by atoms with Crippen LogP contribution in [0.5, 0.6) is 0 Å². The van der Waals surface area contributed by atoms with Crippen LogP contribution in [0.4, 0.5) is 0 Å². The van der Waals surface area contributed by atoms with E-state index in [4.69, 9.17) is 0 Å². The highest BCUT2D eigenvalue weighted by Gasteiger charge is 2.27. The van der Waals surface area contributed by atoms with Gasteiger partial charge in [-0.15, -0.1) is 11.8 Å². The van der Waals surface area contributed by atoms with E-state index in [1.807, 2.05) is 30.3 Å². The van der Waals surface area contributed by atoms with E-state index in [0.717, 1.165) is 12.1 Å². The third-order valence-electron chi connectivity index (χ3n) is 3.11. The number of aromatic nitrogens is 1. The van der Waals surface area contributed by atoms with Gasteiger partial charge in [-0.1, -0.05) is 24.3 Å². The van der Waals surface area contributed by atoms with Gasteiger partial charge in [0.05, 0.1) is 17.5 Å². The number of carbonyl (C=O) groups is 1. The number of carbonyl (C=O) groups excluding carboxylic acids is 1. The van der Waals surface area contributed by atoms with E-state index in [1.54, 1.807) is 18.0 Å². The maximum Gasteiger partial charge on any atom is 0.234 e. The lowest BCUT2D eigenvalue weighted by molar-refractivity contribution is -0.120. The van der Waals surface area contributed by atoms with Crippen LogP contribution in [0.25, 0.3) is 0 Å². The van der Waals surface area contributed by atoms with Crippen molar-refractivity contribution in [1.29, 1.82) is 0 Å². The summed E-state index contributed by atoms with van der Waals surface area (Å²) < 4.78 is 0. The summed E-state index contributed by atoms with van der Waals surface area (Å²) in [5.74, 6) is 0.0897. The van der Waals surface area contributed by atoms with Crippen LogP contribution in [0.15, 0.2) is 53.6 Å². The van der Waals surface area contributed by atoms with Gasteiger partial charge >= 0.3 is 0 Å². The maximum absolute atomic E-state index is 12.1. The summed E-state index contributed by atoms with van der Waals surface area (Å²) in [6.45, 7) is 0.493. The van der Waals surface area contributed by atoms with Crippen LogP contribution in [0.3, 0.4) is 0 Å². The Hall–Kier alpha value is -1.81. The molecule has 1 aromatic carbocycles. The highest BCUT2D eigenvalue weighted by atomic mass is 32.2. The molecule has 1 N–H and O–H groups in total. The number of benzene rings is 1. The molecule has 1 amide bonds. The molecule has 2 aromatic rings. The zero-order valence-electron chi connectivity index (χ0n) is 10.4. The summed E-state index contributed by atoms with van der Waals surface area (Å²) in [4.78, 5) is 17.5. The van der Waals surface area contributed by atoms with Gasteiger partial charge in [0, 0.05) is 11.1 Å². The Morgan fingerprint density at radius 1 is 1.26 bits per heavy atom. The first-order chi connectivity index (χ1) is 9.33. The predicted octanol–water partition coefficient (Wildman–Crippen LogP) is 2.41. The number of pyridine rings is 1. The largest absolute Gasteiger partial charge is 0.349 e. The minimum atomic E-state index is -0.0129. The Labute approximate surface area is 116 Å². The van der Waals surface area contributed by atoms with Crippen molar-refractivity contribution in [3.8, 4) is 0 Å². The van der Waals surface area contributed by atoms with Crippen LogP contribution in [0.1, 0.15) is 11.3 Å². The summed E-state index contributed by atoms with van der Waals surface area (Å²) in [5, 5.41) is 2.94. The van der Waals surface area contributed by atoms with E-state index in [0.29, 0.717) is 6.54 Å². The number of nitrogens with one attached hydrogen (secondary N) is 1. The van der Waals surface area contributed by atoms with E-state index in [-0.39, 0.29) is 11.2 Å². The van der Waals surface area contributed by atoms with Gasteiger partial charge < -0.3 is 5.32 Å². The SMILES string of the molecule is O=C(NCc1ccccn1)[C@H]1Cc2ccccc2S1. The molecule has 0 aliphatic carbocycles. The molecule has 0 unspecified atom stereocenters. The molecular weight excluding hydrogens is 256 g/mol. The van der Waals surface area contributed by atoms with Crippen molar-refractivity contribution in [2.45, 2.75) is 23.1 Å². The quantitative estimate of drug-likeness (QED) is 0.931. The topological polar surface area (TPSA) is 42.0 Å². The maximum atomic E-state index is 12.1. The molecule has 1 aromatic heterocycles. The highest BCUT2D eigenvalue weighted by molar-refractivity contribution is 8.01. The molecule has 0 saturated carbocycles. The molecule has 1 aliphatic rings. The van der Waals surface area contributed by atoms with Crippen molar-refractivity contribution in [3.05, 3.63) is 59.9 Å². The lowest BCUT2D eigenvalue weighted by Gasteiger charge is -2.09. The normalized spacial score (nSPS) is 16.9. The first kappa shape index (κ1) is 12.2. The average molecular weight is 270 g/mol. The number of amides is 1. The van der Waals surface area contributed by atoms with Gasteiger partial charge in [0.1, 0.15) is 0 Å². The molecule has 96 valence electrons. The molecule has 2 heterocycles. The van der Waals surface area contributed by atoms with E-state index in [1.165, 1.54) is 10.5 Å². The number of hydrogen-bond acceptors (Lipinski definition) is 3. The summed E-state index contributed by atoms with van der Waals surface area (Å²) in [6, 6.07) is 13.9. The Balaban J connectivity index is 1.58. The van der Waals surface area contributed by atoms with Gasteiger partial charge in [-0.05, 0) is 30.2 Å². The van der Waals surface area contributed by atoms with Crippen LogP contribution in [-0.4, -0.2) is 16.1 Å². The first-order valence-corrected chi connectivity index (χ1v) is 7.13. The van der Waals surface area contributed by atoms with Crippen LogP contribution < -0.4 is 5.32 Å². The van der Waals surface area contributed by atoms with Crippen molar-refractivity contribution in [1.82, 2.24) is 10.3 Å². The second-order valence-electron chi connectivity index (χ2n) is 4.46. The summed E-state index contributed by atoms with van der Waals surface area (Å²) >= 11 is 1.65. The molecule has 4 heteroatoms. The van der Waals surface area contributed by atoms with Gasteiger partial charge in [0.15, 0.2) is 0 Å². The molecule has 3 rings (SSSR count). The van der Waals surface area contributed by atoms with Gasteiger partial charge in [-0.25, -0.2) is 0 Å². The van der Waals surface area contributed by atoms with E-state index < -0.39 is 0 Å². The van der Waals surface area contributed by atoms with Gasteiger partial charge in [-0.3, -0.25) is 9.78 Å². The third kappa shape index (κ3) is 2.79. The van der Waals surface area contributed by atoms with Crippen LogP contribution in [-0.2, 0) is 17.8 Å². The Bertz CT molecular complexity index is 561. The second kappa shape index (κ2) is 5.45. The van der Waals surface area contributed by atoms with Crippen LogP contribution >= 0.6 is 11.8 Å².